The van der Waals surface area contributed by atoms with Crippen LogP contribution in [-0.2, 0) is 0 Å². The molecule has 2 aromatic rings. The second-order valence-corrected chi connectivity index (χ2v) is 6.48. The fourth-order valence-corrected chi connectivity index (χ4v) is 3.00. The van der Waals surface area contributed by atoms with E-state index in [1.807, 2.05) is 48.5 Å². The van der Waals surface area contributed by atoms with E-state index in [4.69, 9.17) is 0 Å². The summed E-state index contributed by atoms with van der Waals surface area (Å²) in [5, 5.41) is 5.86. The normalized spacial score (nSPS) is 16.5. The lowest BCUT2D eigenvalue weighted by atomic mass is 9.90. The van der Waals surface area contributed by atoms with Gasteiger partial charge in [0.1, 0.15) is 0 Å². The van der Waals surface area contributed by atoms with Gasteiger partial charge in [-0.3, -0.25) is 9.59 Å². The van der Waals surface area contributed by atoms with Crippen molar-refractivity contribution in [3.63, 3.8) is 0 Å². The fourth-order valence-electron chi connectivity index (χ4n) is 3.00. The molecule has 0 fully saturated rings. The first-order valence-corrected chi connectivity index (χ1v) is 8.31. The van der Waals surface area contributed by atoms with Crippen LogP contribution in [0.25, 0.3) is 0 Å². The quantitative estimate of drug-likeness (QED) is 0.909. The number of rotatable bonds is 4. The Morgan fingerprint density at radius 3 is 2.58 bits per heavy atom. The van der Waals surface area contributed by atoms with Crippen LogP contribution in [0.4, 0.5) is 0 Å². The van der Waals surface area contributed by atoms with Gasteiger partial charge in [0.25, 0.3) is 11.8 Å². The first kappa shape index (κ1) is 16.2. The Balaban J connectivity index is 1.66. The van der Waals surface area contributed by atoms with Gasteiger partial charge in [0.15, 0.2) is 0 Å². The van der Waals surface area contributed by atoms with Crippen LogP contribution in [0.5, 0.6) is 0 Å². The third-order valence-electron chi connectivity index (χ3n) is 4.50. The minimum Gasteiger partial charge on any atom is -0.351 e. The molecule has 0 spiro atoms. The summed E-state index contributed by atoms with van der Waals surface area (Å²) in [4.78, 5) is 24.2. The Morgan fingerprint density at radius 2 is 1.88 bits per heavy atom. The fraction of sp³-hybridized carbons (Fsp3) is 0.300. The predicted octanol–water partition coefficient (Wildman–Crippen LogP) is 3.07. The van der Waals surface area contributed by atoms with Gasteiger partial charge < -0.3 is 10.6 Å². The zero-order valence-corrected chi connectivity index (χ0v) is 14.0. The number of hydrogen-bond donors (Lipinski definition) is 2. The van der Waals surface area contributed by atoms with Crippen molar-refractivity contribution in [1.29, 1.82) is 0 Å². The second kappa shape index (κ2) is 6.87. The molecule has 2 N–H and O–H groups in total. The number of carbonyl (C=O) groups is 2. The summed E-state index contributed by atoms with van der Waals surface area (Å²) in [5.74, 6) is 0.416. The highest BCUT2D eigenvalue weighted by atomic mass is 16.2. The van der Waals surface area contributed by atoms with Crippen molar-refractivity contribution in [3.05, 3.63) is 70.8 Å². The molecule has 1 atom stereocenters. The van der Waals surface area contributed by atoms with Gasteiger partial charge in [-0.05, 0) is 35.2 Å². The molecule has 0 bridgehead atoms. The van der Waals surface area contributed by atoms with Crippen LogP contribution in [0.15, 0.2) is 48.5 Å². The Labute approximate surface area is 142 Å². The third-order valence-corrected chi connectivity index (χ3v) is 4.50. The van der Waals surface area contributed by atoms with Gasteiger partial charge in [-0.1, -0.05) is 44.2 Å². The monoisotopic (exact) mass is 322 g/mol. The van der Waals surface area contributed by atoms with Gasteiger partial charge >= 0.3 is 0 Å². The van der Waals surface area contributed by atoms with Gasteiger partial charge in [-0.25, -0.2) is 0 Å². The van der Waals surface area contributed by atoms with E-state index in [1.54, 1.807) is 0 Å². The Bertz CT molecular complexity index is 750. The highest BCUT2D eigenvalue weighted by molar-refractivity contribution is 5.97. The molecule has 1 unspecified atom stereocenters. The minimum absolute atomic E-state index is 0.0440. The average Bonchev–Trinajstić information content (AvgIpc) is 2.61. The van der Waals surface area contributed by atoms with Gasteiger partial charge in [-0.2, -0.15) is 0 Å². The Morgan fingerprint density at radius 1 is 1.17 bits per heavy atom. The lowest BCUT2D eigenvalue weighted by molar-refractivity contribution is 0.0936. The van der Waals surface area contributed by atoms with Crippen molar-refractivity contribution >= 4 is 11.8 Å². The maximum absolute atomic E-state index is 12.3. The Hall–Kier alpha value is -2.62. The molecule has 4 nitrogen and oxygen atoms in total. The van der Waals surface area contributed by atoms with Crippen molar-refractivity contribution < 1.29 is 9.59 Å². The van der Waals surface area contributed by atoms with Gasteiger partial charge in [-0.15, -0.1) is 0 Å². The van der Waals surface area contributed by atoms with Crippen molar-refractivity contribution in [3.8, 4) is 0 Å². The van der Waals surface area contributed by atoms with Gasteiger partial charge in [0, 0.05) is 30.1 Å². The molecule has 3 rings (SSSR count). The first-order chi connectivity index (χ1) is 11.6. The molecular weight excluding hydrogens is 300 g/mol. The van der Waals surface area contributed by atoms with E-state index < -0.39 is 0 Å². The summed E-state index contributed by atoms with van der Waals surface area (Å²) in [7, 11) is 0. The lowest BCUT2D eigenvalue weighted by Gasteiger charge is -2.25. The van der Waals surface area contributed by atoms with Crippen LogP contribution in [-0.4, -0.2) is 24.9 Å². The molecular formula is C20H22N2O2. The number of fused-ring (bicyclic) bond motifs is 1. The van der Waals surface area contributed by atoms with Crippen LogP contribution in [0.2, 0.25) is 0 Å². The molecule has 2 aromatic carbocycles. The molecule has 2 amide bonds. The summed E-state index contributed by atoms with van der Waals surface area (Å²) in [5.41, 5.74) is 3.57. The molecule has 1 aliphatic heterocycles. The summed E-state index contributed by atoms with van der Waals surface area (Å²) in [6, 6.07) is 15.3. The van der Waals surface area contributed by atoms with Crippen molar-refractivity contribution in [2.45, 2.75) is 25.7 Å². The standard InChI is InChI=1S/C20H22N2O2/c1-13(2)14-7-9-15(10-8-14)19(23)21-11-16-12-22-20(24)18-6-4-3-5-17(16)18/h3-10,13,16H,11-12H2,1-2H3,(H,21,23)(H,22,24). The Kier molecular flexibility index (Phi) is 4.65. The smallest absolute Gasteiger partial charge is 0.251 e. The number of nitrogens with one attached hydrogen (secondary N) is 2. The van der Waals surface area contributed by atoms with Crippen LogP contribution in [0, 0.1) is 0 Å². The molecule has 0 aromatic heterocycles. The molecule has 1 heterocycles. The van der Waals surface area contributed by atoms with E-state index in [-0.39, 0.29) is 17.7 Å². The molecule has 0 radical (unpaired) electrons. The summed E-state index contributed by atoms with van der Waals surface area (Å²) in [6.45, 7) is 5.30. The van der Waals surface area contributed by atoms with Crippen molar-refractivity contribution in [2.24, 2.45) is 0 Å². The highest BCUT2D eigenvalue weighted by Gasteiger charge is 2.25. The molecule has 1 aliphatic rings. The maximum atomic E-state index is 12.3. The van der Waals surface area contributed by atoms with Gasteiger partial charge in [0.2, 0.25) is 0 Å². The first-order valence-electron chi connectivity index (χ1n) is 8.31. The van der Waals surface area contributed by atoms with Crippen LogP contribution in [0.3, 0.4) is 0 Å². The van der Waals surface area contributed by atoms with E-state index in [2.05, 4.69) is 24.5 Å². The highest BCUT2D eigenvalue weighted by Crippen LogP contribution is 2.23. The van der Waals surface area contributed by atoms with E-state index in [1.165, 1.54) is 5.56 Å². The molecule has 24 heavy (non-hydrogen) atoms. The summed E-state index contributed by atoms with van der Waals surface area (Å²) in [6.07, 6.45) is 0. The zero-order valence-electron chi connectivity index (χ0n) is 14.0. The van der Waals surface area contributed by atoms with Gasteiger partial charge in [0.05, 0.1) is 0 Å². The predicted molar refractivity (Wildman–Crippen MR) is 94.4 cm³/mol. The molecule has 0 saturated carbocycles. The van der Waals surface area contributed by atoms with E-state index >= 15 is 0 Å². The second-order valence-electron chi connectivity index (χ2n) is 6.48. The van der Waals surface area contributed by atoms with E-state index in [9.17, 15) is 9.59 Å². The molecule has 124 valence electrons. The lowest BCUT2D eigenvalue weighted by Crippen LogP contribution is -2.40. The minimum atomic E-state index is -0.0836. The van der Waals surface area contributed by atoms with Crippen molar-refractivity contribution in [1.82, 2.24) is 10.6 Å². The molecule has 0 aliphatic carbocycles. The average molecular weight is 322 g/mol. The summed E-state index contributed by atoms with van der Waals surface area (Å²) < 4.78 is 0. The van der Waals surface area contributed by atoms with E-state index in [0.29, 0.717) is 30.1 Å². The maximum Gasteiger partial charge on any atom is 0.251 e. The SMILES string of the molecule is CC(C)c1ccc(C(=O)NCC2CNC(=O)c3ccccc32)cc1. The van der Waals surface area contributed by atoms with Crippen LogP contribution in [0.1, 0.15) is 57.5 Å². The largest absolute Gasteiger partial charge is 0.351 e. The third kappa shape index (κ3) is 3.32. The van der Waals surface area contributed by atoms with Crippen molar-refractivity contribution in [2.75, 3.05) is 13.1 Å². The number of carbonyl (C=O) groups excluding carboxylic acids is 2. The molecule has 4 heteroatoms. The number of amides is 2. The summed E-state index contributed by atoms with van der Waals surface area (Å²) >= 11 is 0. The number of hydrogen-bond acceptors (Lipinski definition) is 2. The van der Waals surface area contributed by atoms with Crippen LogP contribution < -0.4 is 10.6 Å². The zero-order chi connectivity index (χ0) is 17.1. The molecule has 0 saturated heterocycles. The number of benzene rings is 2. The van der Waals surface area contributed by atoms with Crippen LogP contribution >= 0.6 is 0 Å². The van der Waals surface area contributed by atoms with E-state index in [0.717, 1.165) is 5.56 Å². The topological polar surface area (TPSA) is 58.2 Å².